The maximum absolute atomic E-state index is 12.0. The van der Waals surface area contributed by atoms with Crippen molar-refractivity contribution in [1.29, 1.82) is 0 Å². The molecule has 1 aliphatic rings. The summed E-state index contributed by atoms with van der Waals surface area (Å²) in [5.41, 5.74) is -0.920. The molecule has 0 bridgehead atoms. The van der Waals surface area contributed by atoms with Crippen LogP contribution in [0, 0.1) is 10.1 Å². The van der Waals surface area contributed by atoms with Gasteiger partial charge in [0.15, 0.2) is 0 Å². The van der Waals surface area contributed by atoms with Crippen molar-refractivity contribution < 1.29 is 28.8 Å². The molecule has 0 fully saturated rings. The number of Topliss-reactive ketones (excluding diaryl/α,β-unsaturated/α-hetero) is 1. The Bertz CT molecular complexity index is 994. The molecule has 9 nitrogen and oxygen atoms in total. The van der Waals surface area contributed by atoms with Crippen molar-refractivity contribution in [2.75, 3.05) is 5.32 Å². The fourth-order valence-electron chi connectivity index (χ4n) is 2.64. The van der Waals surface area contributed by atoms with Crippen LogP contribution in [0.3, 0.4) is 0 Å². The molecule has 1 aliphatic heterocycles. The number of rotatable bonds is 4. The fraction of sp³-hybridized carbons (Fsp3) is 0.125. The number of nitrogens with zero attached hydrogens (tertiary/aromatic N) is 1. The van der Waals surface area contributed by atoms with E-state index < -0.39 is 34.2 Å². The van der Waals surface area contributed by atoms with Gasteiger partial charge < -0.3 is 10.1 Å². The monoisotopic (exact) mass is 342 g/mol. The van der Waals surface area contributed by atoms with E-state index in [4.69, 9.17) is 0 Å². The van der Waals surface area contributed by atoms with Crippen molar-refractivity contribution in [3.05, 3.63) is 45.5 Å². The molecule has 0 spiro atoms. The molecule has 3 rings (SSSR count). The van der Waals surface area contributed by atoms with Crippen LogP contribution in [0.4, 0.5) is 11.4 Å². The van der Waals surface area contributed by atoms with Crippen molar-refractivity contribution in [3.8, 4) is 0 Å². The molecule has 0 aromatic heterocycles. The molecule has 0 atom stereocenters. The highest BCUT2D eigenvalue weighted by molar-refractivity contribution is 6.41. The number of nitro groups is 1. The molecule has 1 N–H and O–H groups in total. The second-order valence-electron chi connectivity index (χ2n) is 5.21. The first kappa shape index (κ1) is 16.2. The summed E-state index contributed by atoms with van der Waals surface area (Å²) in [5.74, 6) is -3.70. The van der Waals surface area contributed by atoms with Gasteiger partial charge in [-0.1, -0.05) is 13.0 Å². The predicted molar refractivity (Wildman–Crippen MR) is 84.3 cm³/mol. The molecule has 2 aromatic rings. The van der Waals surface area contributed by atoms with E-state index in [2.05, 4.69) is 10.1 Å². The molecule has 126 valence electrons. The number of esters is 2. The summed E-state index contributed by atoms with van der Waals surface area (Å²) in [5, 5.41) is 13.7. The average molecular weight is 342 g/mol. The Hall–Kier alpha value is -3.62. The number of ketones is 1. The lowest BCUT2D eigenvalue weighted by Crippen LogP contribution is -2.24. The second-order valence-corrected chi connectivity index (χ2v) is 5.21. The number of anilines is 1. The number of carbonyl (C=O) groups is 4. The molecule has 0 saturated heterocycles. The summed E-state index contributed by atoms with van der Waals surface area (Å²) in [7, 11) is 0. The molecule has 25 heavy (non-hydrogen) atoms. The van der Waals surface area contributed by atoms with Gasteiger partial charge in [0.2, 0.25) is 5.78 Å². The summed E-state index contributed by atoms with van der Waals surface area (Å²) >= 11 is 0. The minimum Gasteiger partial charge on any atom is -0.386 e. The zero-order valence-electron chi connectivity index (χ0n) is 12.8. The van der Waals surface area contributed by atoms with Gasteiger partial charge in [0.05, 0.1) is 21.4 Å². The number of amides is 1. The molecule has 2 aromatic carbocycles. The SMILES string of the molecule is CCC(=O)C(=O)Nc1cc2c3c(cccc3c1[N+](=O)[O-])C(=O)OC2=O. The predicted octanol–water partition coefficient (Wildman–Crippen LogP) is 1.98. The van der Waals surface area contributed by atoms with Crippen molar-refractivity contribution in [2.45, 2.75) is 13.3 Å². The quantitative estimate of drug-likeness (QED) is 0.295. The summed E-state index contributed by atoms with van der Waals surface area (Å²) in [6.07, 6.45) is -0.0826. The normalized spacial score (nSPS) is 12.7. The van der Waals surface area contributed by atoms with Gasteiger partial charge in [-0.05, 0) is 18.2 Å². The van der Waals surface area contributed by atoms with E-state index in [1.54, 1.807) is 0 Å². The maximum atomic E-state index is 12.0. The smallest absolute Gasteiger partial charge is 0.346 e. The molecule has 0 saturated carbocycles. The van der Waals surface area contributed by atoms with E-state index in [1.165, 1.54) is 25.1 Å². The molecule has 1 heterocycles. The highest BCUT2D eigenvalue weighted by atomic mass is 16.6. The number of carbonyl (C=O) groups excluding carboxylic acids is 4. The third-order valence-corrected chi connectivity index (χ3v) is 3.76. The number of nitro benzene ring substituents is 1. The van der Waals surface area contributed by atoms with Crippen LogP contribution in [0.2, 0.25) is 0 Å². The number of ether oxygens (including phenoxy) is 1. The van der Waals surface area contributed by atoms with Gasteiger partial charge in [-0.25, -0.2) is 9.59 Å². The lowest BCUT2D eigenvalue weighted by Gasteiger charge is -2.17. The van der Waals surface area contributed by atoms with E-state index in [9.17, 15) is 29.3 Å². The topological polar surface area (TPSA) is 133 Å². The molecule has 0 radical (unpaired) electrons. The van der Waals surface area contributed by atoms with Gasteiger partial charge in [-0.2, -0.15) is 0 Å². The van der Waals surface area contributed by atoms with Crippen LogP contribution < -0.4 is 5.32 Å². The highest BCUT2D eigenvalue weighted by Crippen LogP contribution is 2.39. The molecule has 9 heteroatoms. The second kappa shape index (κ2) is 5.78. The first-order chi connectivity index (χ1) is 11.8. The van der Waals surface area contributed by atoms with Crippen LogP contribution in [0.1, 0.15) is 34.1 Å². The van der Waals surface area contributed by atoms with Gasteiger partial charge in [0, 0.05) is 11.8 Å². The summed E-state index contributed by atoms with van der Waals surface area (Å²) in [4.78, 5) is 57.9. The Morgan fingerprint density at radius 2 is 1.88 bits per heavy atom. The number of hydrogen-bond donors (Lipinski definition) is 1. The molecule has 0 aliphatic carbocycles. The third-order valence-electron chi connectivity index (χ3n) is 3.76. The van der Waals surface area contributed by atoms with Crippen LogP contribution in [-0.4, -0.2) is 28.6 Å². The Morgan fingerprint density at radius 1 is 1.20 bits per heavy atom. The first-order valence-electron chi connectivity index (χ1n) is 7.20. The van der Waals surface area contributed by atoms with Crippen LogP contribution in [-0.2, 0) is 14.3 Å². The number of cyclic esters (lactones) is 2. The zero-order valence-corrected chi connectivity index (χ0v) is 12.8. The minimum absolute atomic E-state index is 0.00996. The molecule has 1 amide bonds. The average Bonchev–Trinajstić information content (AvgIpc) is 2.57. The van der Waals surface area contributed by atoms with Crippen LogP contribution >= 0.6 is 0 Å². The number of hydrogen-bond acceptors (Lipinski definition) is 7. The maximum Gasteiger partial charge on any atom is 0.346 e. The lowest BCUT2D eigenvalue weighted by atomic mass is 9.95. The Morgan fingerprint density at radius 3 is 2.52 bits per heavy atom. The van der Waals surface area contributed by atoms with Crippen LogP contribution in [0.5, 0.6) is 0 Å². The molecular weight excluding hydrogens is 332 g/mol. The zero-order chi connectivity index (χ0) is 18.3. The Balaban J connectivity index is 2.33. The molecular formula is C16H10N2O7. The standard InChI is InChI=1S/C16H10N2O7/c1-2-11(19)14(20)17-10-6-9-12-7(13(10)18(23)24)4-3-5-8(12)15(21)25-16(9)22/h3-6H,2H2,1H3,(H,17,20). The van der Waals surface area contributed by atoms with Crippen molar-refractivity contribution in [2.24, 2.45) is 0 Å². The summed E-state index contributed by atoms with van der Waals surface area (Å²) in [6.45, 7) is 1.47. The van der Waals surface area contributed by atoms with Crippen LogP contribution in [0.25, 0.3) is 10.8 Å². The third kappa shape index (κ3) is 2.51. The van der Waals surface area contributed by atoms with Gasteiger partial charge >= 0.3 is 17.6 Å². The largest absolute Gasteiger partial charge is 0.386 e. The van der Waals surface area contributed by atoms with E-state index in [0.717, 1.165) is 6.07 Å². The number of nitrogens with one attached hydrogen (secondary N) is 1. The summed E-state index contributed by atoms with van der Waals surface area (Å²) < 4.78 is 4.60. The lowest BCUT2D eigenvalue weighted by molar-refractivity contribution is -0.382. The fourth-order valence-corrected chi connectivity index (χ4v) is 2.64. The minimum atomic E-state index is -1.03. The van der Waals surface area contributed by atoms with E-state index >= 15 is 0 Å². The van der Waals surface area contributed by atoms with Gasteiger partial charge in [-0.3, -0.25) is 19.7 Å². The Labute approximate surface area is 139 Å². The summed E-state index contributed by atoms with van der Waals surface area (Å²) in [6, 6.07) is 5.17. The van der Waals surface area contributed by atoms with Gasteiger partial charge in [-0.15, -0.1) is 0 Å². The van der Waals surface area contributed by atoms with Crippen molar-refractivity contribution in [1.82, 2.24) is 0 Å². The highest BCUT2D eigenvalue weighted by Gasteiger charge is 2.33. The van der Waals surface area contributed by atoms with E-state index in [0.29, 0.717) is 0 Å². The number of benzene rings is 2. The van der Waals surface area contributed by atoms with Crippen molar-refractivity contribution >= 4 is 45.8 Å². The first-order valence-corrected chi connectivity index (χ1v) is 7.20. The van der Waals surface area contributed by atoms with E-state index in [-0.39, 0.29) is 34.0 Å². The van der Waals surface area contributed by atoms with E-state index in [1.807, 2.05) is 0 Å². The van der Waals surface area contributed by atoms with Gasteiger partial charge in [0.1, 0.15) is 5.69 Å². The van der Waals surface area contributed by atoms with Gasteiger partial charge in [0.25, 0.3) is 5.91 Å². The van der Waals surface area contributed by atoms with Crippen molar-refractivity contribution in [3.63, 3.8) is 0 Å². The molecule has 0 unspecified atom stereocenters. The van der Waals surface area contributed by atoms with Crippen LogP contribution in [0.15, 0.2) is 24.3 Å². The Kier molecular flexibility index (Phi) is 3.76.